The van der Waals surface area contributed by atoms with Crippen LogP contribution in [0.4, 0.5) is 0 Å². The average Bonchev–Trinajstić information content (AvgIpc) is 3.40. The third kappa shape index (κ3) is 58.7. The highest BCUT2D eigenvalue weighted by Gasteiger charge is 2.19. The molecular formula is C68H112O6. The summed E-state index contributed by atoms with van der Waals surface area (Å²) in [5.74, 6) is -0.968. The van der Waals surface area contributed by atoms with E-state index in [-0.39, 0.29) is 37.5 Å². The van der Waals surface area contributed by atoms with Gasteiger partial charge >= 0.3 is 17.9 Å². The van der Waals surface area contributed by atoms with Crippen molar-refractivity contribution in [1.29, 1.82) is 0 Å². The standard InChI is InChI=1S/C68H112O6/c1-4-7-10-13-16-18-20-22-24-26-27-28-29-30-31-32-33-34-35-36-37-38-39-40-41-43-44-46-48-50-52-55-58-61-67(70)73-64-65(63-72-66(69)60-57-54-15-12-9-6-3)74-68(71)62-59-56-53-51-49-47-45-42-25-23-21-19-17-14-11-8-5-2/h7-8,10-11,16-19,22-25,27-28,30-31,45,47,51,53,65H,4-6,9,12-15,20-21,26,29,32-44,46,48-50,52,54-64H2,1-3H3/b10-7-,11-8-,18-16-,19-17-,24-22-,25-23-,28-27-,31-30-,47-45-,53-51-. The zero-order valence-electron chi connectivity index (χ0n) is 48.1. The average molecular weight is 1030 g/mol. The van der Waals surface area contributed by atoms with Gasteiger partial charge in [0.1, 0.15) is 13.2 Å². The highest BCUT2D eigenvalue weighted by molar-refractivity contribution is 5.71. The molecule has 1 atom stereocenters. The first kappa shape index (κ1) is 69.8. The van der Waals surface area contributed by atoms with Crippen LogP contribution in [0.3, 0.4) is 0 Å². The minimum atomic E-state index is -0.805. The van der Waals surface area contributed by atoms with Gasteiger partial charge in [0, 0.05) is 19.3 Å². The predicted octanol–water partition coefficient (Wildman–Crippen LogP) is 20.8. The lowest BCUT2D eigenvalue weighted by molar-refractivity contribution is -0.167. The monoisotopic (exact) mass is 1020 g/mol. The summed E-state index contributed by atoms with van der Waals surface area (Å²) in [6, 6.07) is 0. The summed E-state index contributed by atoms with van der Waals surface area (Å²) in [6.07, 6.45) is 85.4. The first-order chi connectivity index (χ1) is 36.5. The van der Waals surface area contributed by atoms with Crippen LogP contribution in [-0.4, -0.2) is 37.2 Å². The van der Waals surface area contributed by atoms with Crippen LogP contribution in [0.5, 0.6) is 0 Å². The number of hydrogen-bond acceptors (Lipinski definition) is 6. The second-order valence-electron chi connectivity index (χ2n) is 19.9. The van der Waals surface area contributed by atoms with Gasteiger partial charge in [-0.2, -0.15) is 0 Å². The molecular weight excluding hydrogens is 913 g/mol. The number of rotatable bonds is 54. The van der Waals surface area contributed by atoms with Gasteiger partial charge in [0.25, 0.3) is 0 Å². The Balaban J connectivity index is 4.06. The zero-order valence-corrected chi connectivity index (χ0v) is 48.1. The predicted molar refractivity (Wildman–Crippen MR) is 320 cm³/mol. The molecule has 0 amide bonds. The Labute approximate surface area is 456 Å². The first-order valence-electron chi connectivity index (χ1n) is 30.5. The van der Waals surface area contributed by atoms with Crippen molar-refractivity contribution in [3.63, 3.8) is 0 Å². The molecule has 0 aliphatic heterocycles. The van der Waals surface area contributed by atoms with Gasteiger partial charge in [-0.15, -0.1) is 0 Å². The normalized spacial score (nSPS) is 13.0. The fourth-order valence-electron chi connectivity index (χ4n) is 8.21. The molecule has 0 fully saturated rings. The smallest absolute Gasteiger partial charge is 0.306 e. The minimum absolute atomic E-state index is 0.100. The van der Waals surface area contributed by atoms with Crippen LogP contribution in [-0.2, 0) is 28.6 Å². The third-order valence-corrected chi connectivity index (χ3v) is 12.7. The molecule has 0 aromatic carbocycles. The summed E-state index contributed by atoms with van der Waals surface area (Å²) >= 11 is 0. The van der Waals surface area contributed by atoms with E-state index < -0.39 is 6.10 Å². The van der Waals surface area contributed by atoms with Crippen molar-refractivity contribution in [3.05, 3.63) is 122 Å². The van der Waals surface area contributed by atoms with Crippen molar-refractivity contribution in [2.75, 3.05) is 13.2 Å². The number of carbonyl (C=O) groups excluding carboxylic acids is 3. The molecule has 74 heavy (non-hydrogen) atoms. The van der Waals surface area contributed by atoms with E-state index in [2.05, 4.69) is 142 Å². The molecule has 0 bridgehead atoms. The van der Waals surface area contributed by atoms with Crippen LogP contribution in [0.1, 0.15) is 271 Å². The fourth-order valence-corrected chi connectivity index (χ4v) is 8.21. The largest absolute Gasteiger partial charge is 0.462 e. The van der Waals surface area contributed by atoms with Crippen molar-refractivity contribution in [3.8, 4) is 0 Å². The lowest BCUT2D eigenvalue weighted by atomic mass is 10.0. The van der Waals surface area contributed by atoms with Crippen LogP contribution < -0.4 is 0 Å². The topological polar surface area (TPSA) is 78.9 Å². The van der Waals surface area contributed by atoms with E-state index >= 15 is 0 Å². The van der Waals surface area contributed by atoms with Crippen molar-refractivity contribution in [2.45, 2.75) is 277 Å². The molecule has 0 heterocycles. The van der Waals surface area contributed by atoms with Crippen LogP contribution >= 0.6 is 0 Å². The molecule has 0 aliphatic rings. The van der Waals surface area contributed by atoms with Crippen LogP contribution in [0.25, 0.3) is 0 Å². The maximum absolute atomic E-state index is 12.8. The number of ether oxygens (including phenoxy) is 3. The van der Waals surface area contributed by atoms with Gasteiger partial charge in [-0.25, -0.2) is 0 Å². The molecule has 0 rings (SSSR count). The number of unbranched alkanes of at least 4 members (excludes halogenated alkanes) is 23. The number of esters is 3. The van der Waals surface area contributed by atoms with E-state index in [0.29, 0.717) is 19.3 Å². The molecule has 0 N–H and O–H groups in total. The molecule has 0 aromatic rings. The SMILES string of the molecule is CC/C=C\C/C=C\C/C=C\C/C=C\C/C=C\CCCCCCCCCCCCCCCCCCCC(=O)OCC(COC(=O)CCCCCCCC)OC(=O)CCC/C=C\C/C=C\C/C=C\C/C=C\C/C=C\CC. The van der Waals surface area contributed by atoms with Gasteiger partial charge in [0.15, 0.2) is 6.10 Å². The van der Waals surface area contributed by atoms with Gasteiger partial charge in [-0.05, 0) is 103 Å². The summed E-state index contributed by atoms with van der Waals surface area (Å²) in [5.41, 5.74) is 0. The highest BCUT2D eigenvalue weighted by Crippen LogP contribution is 2.16. The van der Waals surface area contributed by atoms with E-state index in [1.54, 1.807) is 0 Å². The Bertz CT molecular complexity index is 1550. The molecule has 6 heteroatoms. The minimum Gasteiger partial charge on any atom is -0.462 e. The molecule has 420 valence electrons. The molecule has 0 saturated carbocycles. The van der Waals surface area contributed by atoms with E-state index in [1.165, 1.54) is 116 Å². The second kappa shape index (κ2) is 61.4. The third-order valence-electron chi connectivity index (χ3n) is 12.7. The van der Waals surface area contributed by atoms with Gasteiger partial charge in [-0.3, -0.25) is 14.4 Å². The van der Waals surface area contributed by atoms with Gasteiger partial charge in [0.2, 0.25) is 0 Å². The molecule has 1 unspecified atom stereocenters. The van der Waals surface area contributed by atoms with E-state index in [9.17, 15) is 14.4 Å². The Kier molecular flexibility index (Phi) is 57.9. The lowest BCUT2D eigenvalue weighted by Crippen LogP contribution is -2.30. The molecule has 0 aliphatic carbocycles. The maximum Gasteiger partial charge on any atom is 0.306 e. The van der Waals surface area contributed by atoms with Crippen molar-refractivity contribution in [2.24, 2.45) is 0 Å². The number of hydrogen-bond donors (Lipinski definition) is 0. The molecule has 0 saturated heterocycles. The molecule has 0 aromatic heterocycles. The van der Waals surface area contributed by atoms with E-state index in [1.807, 2.05) is 0 Å². The zero-order chi connectivity index (χ0) is 53.6. The van der Waals surface area contributed by atoms with Crippen LogP contribution in [0.2, 0.25) is 0 Å². The summed E-state index contributed by atoms with van der Waals surface area (Å²) in [6.45, 7) is 6.30. The van der Waals surface area contributed by atoms with Gasteiger partial charge in [-0.1, -0.05) is 271 Å². The van der Waals surface area contributed by atoms with E-state index in [0.717, 1.165) is 109 Å². The van der Waals surface area contributed by atoms with Crippen LogP contribution in [0, 0.1) is 0 Å². The Morgan fingerprint density at radius 3 is 0.865 bits per heavy atom. The van der Waals surface area contributed by atoms with Crippen LogP contribution in [0.15, 0.2) is 122 Å². The Morgan fingerprint density at radius 1 is 0.284 bits per heavy atom. The fraction of sp³-hybridized carbons (Fsp3) is 0.662. The van der Waals surface area contributed by atoms with Crippen molar-refractivity contribution < 1.29 is 28.6 Å². The quantitative estimate of drug-likeness (QED) is 0.0261. The maximum atomic E-state index is 12.8. The number of carbonyl (C=O) groups is 3. The van der Waals surface area contributed by atoms with Gasteiger partial charge in [0.05, 0.1) is 0 Å². The molecule has 0 spiro atoms. The van der Waals surface area contributed by atoms with Crippen molar-refractivity contribution >= 4 is 17.9 Å². The number of allylic oxidation sites excluding steroid dienone is 20. The second-order valence-corrected chi connectivity index (χ2v) is 19.9. The lowest BCUT2D eigenvalue weighted by Gasteiger charge is -2.18. The highest BCUT2D eigenvalue weighted by atomic mass is 16.6. The summed E-state index contributed by atoms with van der Waals surface area (Å²) < 4.78 is 16.7. The summed E-state index contributed by atoms with van der Waals surface area (Å²) in [5, 5.41) is 0. The Hall–Kier alpha value is -4.19. The van der Waals surface area contributed by atoms with Crippen molar-refractivity contribution in [1.82, 2.24) is 0 Å². The molecule has 0 radical (unpaired) electrons. The summed E-state index contributed by atoms with van der Waals surface area (Å²) in [7, 11) is 0. The van der Waals surface area contributed by atoms with Gasteiger partial charge < -0.3 is 14.2 Å². The molecule has 6 nitrogen and oxygen atoms in total. The first-order valence-corrected chi connectivity index (χ1v) is 30.5. The van der Waals surface area contributed by atoms with E-state index in [4.69, 9.17) is 14.2 Å². The summed E-state index contributed by atoms with van der Waals surface area (Å²) in [4.78, 5) is 37.9. The Morgan fingerprint density at radius 2 is 0.541 bits per heavy atom.